The van der Waals surface area contributed by atoms with Crippen LogP contribution in [0.5, 0.6) is 5.88 Å². The molecule has 1 N–H and O–H groups in total. The van der Waals surface area contributed by atoms with Crippen molar-refractivity contribution in [2.45, 2.75) is 25.7 Å². The highest BCUT2D eigenvalue weighted by Gasteiger charge is 2.25. The maximum Gasteiger partial charge on any atom is 0.237 e. The molecule has 0 aromatic carbocycles. The minimum atomic E-state index is 0.668. The highest BCUT2D eigenvalue weighted by molar-refractivity contribution is 5.71. The van der Waals surface area contributed by atoms with Crippen LogP contribution in [-0.2, 0) is 12.8 Å². The molecule has 0 spiro atoms. The summed E-state index contributed by atoms with van der Waals surface area (Å²) in [6.07, 6.45) is 6.40. The molecule has 0 atom stereocenters. The molecule has 1 aliphatic carbocycles. The monoisotopic (exact) mass is 309 g/mol. The molecule has 2 aromatic rings. The number of fused-ring (bicyclic) bond motifs is 2. The van der Waals surface area contributed by atoms with Crippen LogP contribution >= 0.6 is 0 Å². The van der Waals surface area contributed by atoms with Crippen molar-refractivity contribution >= 4 is 11.6 Å². The van der Waals surface area contributed by atoms with Gasteiger partial charge in [-0.1, -0.05) is 0 Å². The average Bonchev–Trinajstić information content (AvgIpc) is 3.00. The summed E-state index contributed by atoms with van der Waals surface area (Å²) < 4.78 is 5.58. The van der Waals surface area contributed by atoms with E-state index < -0.39 is 0 Å². The summed E-state index contributed by atoms with van der Waals surface area (Å²) in [6.45, 7) is 3.62. The van der Waals surface area contributed by atoms with Gasteiger partial charge in [0.05, 0.1) is 11.4 Å². The second kappa shape index (κ2) is 5.08. The number of nitrogens with zero attached hydrogens (tertiary/aromatic N) is 4. The van der Waals surface area contributed by atoms with Gasteiger partial charge in [0.2, 0.25) is 11.8 Å². The summed E-state index contributed by atoms with van der Waals surface area (Å²) in [5.74, 6) is 1.57. The summed E-state index contributed by atoms with van der Waals surface area (Å²) in [6, 6.07) is 2.11. The Kier molecular flexibility index (Phi) is 2.89. The lowest BCUT2D eigenvalue weighted by molar-refractivity contribution is 0.310. The van der Waals surface area contributed by atoms with Gasteiger partial charge in [0.15, 0.2) is 0 Å². The quantitative estimate of drug-likeness (QED) is 0.916. The van der Waals surface area contributed by atoms with Crippen LogP contribution in [0.25, 0.3) is 11.3 Å². The number of nitrogens with one attached hydrogen (secondary N) is 1. The summed E-state index contributed by atoms with van der Waals surface area (Å²) in [7, 11) is 0. The molecule has 0 saturated carbocycles. The normalized spacial score (nSPS) is 18.5. The zero-order chi connectivity index (χ0) is 15.2. The molecule has 0 bridgehead atoms. The Hall–Kier alpha value is -2.37. The first-order chi connectivity index (χ1) is 11.4. The molecule has 0 amide bonds. The Morgan fingerprint density at radius 2 is 2.09 bits per heavy atom. The molecule has 1 fully saturated rings. The van der Waals surface area contributed by atoms with Crippen LogP contribution < -0.4 is 15.0 Å². The predicted octanol–water partition coefficient (Wildman–Crippen LogP) is 2.04. The van der Waals surface area contributed by atoms with E-state index in [-0.39, 0.29) is 0 Å². The van der Waals surface area contributed by atoms with E-state index in [4.69, 9.17) is 14.7 Å². The molecule has 118 valence electrons. The predicted molar refractivity (Wildman–Crippen MR) is 88.1 cm³/mol. The molecule has 2 aliphatic heterocycles. The molecule has 2 aromatic heterocycles. The van der Waals surface area contributed by atoms with E-state index in [0.717, 1.165) is 55.4 Å². The number of hydrogen-bond donors (Lipinski definition) is 1. The minimum Gasteiger partial charge on any atom is -0.474 e. The number of aryl methyl sites for hydroxylation is 1. The van der Waals surface area contributed by atoms with Crippen molar-refractivity contribution in [3.63, 3.8) is 0 Å². The van der Waals surface area contributed by atoms with Gasteiger partial charge in [-0.15, -0.1) is 0 Å². The van der Waals surface area contributed by atoms with Crippen LogP contribution in [0, 0.1) is 0 Å². The van der Waals surface area contributed by atoms with E-state index in [1.54, 1.807) is 0 Å². The zero-order valence-electron chi connectivity index (χ0n) is 13.0. The van der Waals surface area contributed by atoms with Gasteiger partial charge in [-0.05, 0) is 31.7 Å². The fourth-order valence-corrected chi connectivity index (χ4v) is 3.47. The van der Waals surface area contributed by atoms with E-state index in [1.165, 1.54) is 24.1 Å². The third-order valence-electron chi connectivity index (χ3n) is 4.84. The molecule has 3 aliphatic rings. The van der Waals surface area contributed by atoms with Crippen molar-refractivity contribution in [3.05, 3.63) is 23.5 Å². The second-order valence-corrected chi connectivity index (χ2v) is 6.34. The Bertz CT molecular complexity index is 772. The van der Waals surface area contributed by atoms with Crippen LogP contribution in [0.1, 0.15) is 24.1 Å². The highest BCUT2D eigenvalue weighted by Crippen LogP contribution is 2.35. The Balaban J connectivity index is 1.62. The SMILES string of the molecule is c1nc2c(cc1-c1nc(N3CCC3)nc3c1CCC3)NCCO2. The van der Waals surface area contributed by atoms with Gasteiger partial charge >= 0.3 is 0 Å². The lowest BCUT2D eigenvalue weighted by Crippen LogP contribution is -2.38. The minimum absolute atomic E-state index is 0.668. The number of anilines is 2. The smallest absolute Gasteiger partial charge is 0.237 e. The molecule has 6 nitrogen and oxygen atoms in total. The molecule has 0 radical (unpaired) electrons. The van der Waals surface area contributed by atoms with Gasteiger partial charge in [0.1, 0.15) is 6.61 Å². The van der Waals surface area contributed by atoms with Crippen molar-refractivity contribution in [3.8, 4) is 17.1 Å². The molecule has 0 unspecified atom stereocenters. The average molecular weight is 309 g/mol. The first-order valence-electron chi connectivity index (χ1n) is 8.40. The molecule has 4 heterocycles. The van der Waals surface area contributed by atoms with Crippen molar-refractivity contribution < 1.29 is 4.74 Å². The highest BCUT2D eigenvalue weighted by atomic mass is 16.5. The summed E-state index contributed by atoms with van der Waals surface area (Å²) in [4.78, 5) is 16.4. The second-order valence-electron chi connectivity index (χ2n) is 6.34. The molecular formula is C17H19N5O. The van der Waals surface area contributed by atoms with Crippen molar-refractivity contribution in [2.75, 3.05) is 36.5 Å². The molecule has 6 heteroatoms. The number of aromatic nitrogens is 3. The summed E-state index contributed by atoms with van der Waals surface area (Å²) in [5.41, 5.74) is 5.59. The van der Waals surface area contributed by atoms with Crippen molar-refractivity contribution in [1.29, 1.82) is 0 Å². The Morgan fingerprint density at radius 1 is 1.13 bits per heavy atom. The fraction of sp³-hybridized carbons (Fsp3) is 0.471. The molecule has 23 heavy (non-hydrogen) atoms. The molecule has 1 saturated heterocycles. The number of rotatable bonds is 2. The third-order valence-corrected chi connectivity index (χ3v) is 4.84. The van der Waals surface area contributed by atoms with Crippen LogP contribution in [0.2, 0.25) is 0 Å². The Labute approximate surface area is 134 Å². The van der Waals surface area contributed by atoms with Gasteiger partial charge < -0.3 is 15.0 Å². The largest absolute Gasteiger partial charge is 0.474 e. The lowest BCUT2D eigenvalue weighted by Gasteiger charge is -2.31. The van der Waals surface area contributed by atoms with Crippen molar-refractivity contribution in [2.24, 2.45) is 0 Å². The maximum absolute atomic E-state index is 5.58. The Morgan fingerprint density at radius 3 is 2.96 bits per heavy atom. The van der Waals surface area contributed by atoms with Crippen LogP contribution in [0.3, 0.4) is 0 Å². The number of hydrogen-bond acceptors (Lipinski definition) is 6. The van der Waals surface area contributed by atoms with Crippen LogP contribution in [-0.4, -0.2) is 41.2 Å². The van der Waals surface area contributed by atoms with Crippen LogP contribution in [0.4, 0.5) is 11.6 Å². The van der Waals surface area contributed by atoms with E-state index in [0.29, 0.717) is 12.5 Å². The van der Waals surface area contributed by atoms with E-state index in [1.807, 2.05) is 6.20 Å². The van der Waals surface area contributed by atoms with Gasteiger partial charge in [-0.3, -0.25) is 0 Å². The fourth-order valence-electron chi connectivity index (χ4n) is 3.47. The van der Waals surface area contributed by atoms with Crippen molar-refractivity contribution in [1.82, 2.24) is 15.0 Å². The number of ether oxygens (including phenoxy) is 1. The number of pyridine rings is 1. The van der Waals surface area contributed by atoms with E-state index in [9.17, 15) is 0 Å². The van der Waals surface area contributed by atoms with E-state index >= 15 is 0 Å². The maximum atomic E-state index is 5.58. The van der Waals surface area contributed by atoms with Gasteiger partial charge in [0, 0.05) is 42.7 Å². The third kappa shape index (κ3) is 2.12. The molecular weight excluding hydrogens is 290 g/mol. The first kappa shape index (κ1) is 13.1. The summed E-state index contributed by atoms with van der Waals surface area (Å²) in [5, 5.41) is 3.36. The van der Waals surface area contributed by atoms with Crippen LogP contribution in [0.15, 0.2) is 12.3 Å². The summed E-state index contributed by atoms with van der Waals surface area (Å²) >= 11 is 0. The van der Waals surface area contributed by atoms with Gasteiger partial charge in [-0.2, -0.15) is 0 Å². The van der Waals surface area contributed by atoms with Gasteiger partial charge in [0.25, 0.3) is 0 Å². The lowest BCUT2D eigenvalue weighted by atomic mass is 10.1. The standard InChI is InChI=1S/C17H19N5O/c1-3-12-13(4-1)20-17(22-6-2-7-22)21-15(12)11-9-14-16(19-10-11)23-8-5-18-14/h9-10,18H,1-8H2. The first-order valence-corrected chi connectivity index (χ1v) is 8.40. The van der Waals surface area contributed by atoms with E-state index in [2.05, 4.69) is 21.3 Å². The topological polar surface area (TPSA) is 63.2 Å². The molecule has 5 rings (SSSR count). The van der Waals surface area contributed by atoms with Gasteiger partial charge in [-0.25, -0.2) is 15.0 Å². The zero-order valence-corrected chi connectivity index (χ0v) is 13.0.